The summed E-state index contributed by atoms with van der Waals surface area (Å²) in [5.41, 5.74) is 3.66. The van der Waals surface area contributed by atoms with E-state index >= 15 is 0 Å². The lowest BCUT2D eigenvalue weighted by Gasteiger charge is -2.35. The number of rotatable bonds is 5. The Kier molecular flexibility index (Phi) is 7.53. The van der Waals surface area contributed by atoms with Crippen LogP contribution >= 0.6 is 0 Å². The van der Waals surface area contributed by atoms with Gasteiger partial charge in [-0.1, -0.05) is 13.8 Å². The van der Waals surface area contributed by atoms with Gasteiger partial charge in [-0.2, -0.15) is 5.10 Å². The van der Waals surface area contributed by atoms with Gasteiger partial charge in [0.15, 0.2) is 0 Å². The Morgan fingerprint density at radius 1 is 1.17 bits per heavy atom. The number of anilines is 1. The average molecular weight is 479 g/mol. The van der Waals surface area contributed by atoms with Gasteiger partial charge in [0.1, 0.15) is 17.4 Å². The zero-order chi connectivity index (χ0) is 24.9. The van der Waals surface area contributed by atoms with E-state index in [-0.39, 0.29) is 23.8 Å². The van der Waals surface area contributed by atoms with E-state index < -0.39 is 0 Å². The van der Waals surface area contributed by atoms with Crippen LogP contribution in [-0.4, -0.2) is 70.1 Å². The third-order valence-electron chi connectivity index (χ3n) is 6.59. The summed E-state index contributed by atoms with van der Waals surface area (Å²) in [6.45, 7) is 11.3. The first-order chi connectivity index (χ1) is 17.0. The average Bonchev–Trinajstić information content (AvgIpc) is 3.54. The fourth-order valence-corrected chi connectivity index (χ4v) is 4.51. The number of nitrogens with one attached hydrogen (secondary N) is 1. The van der Waals surface area contributed by atoms with Gasteiger partial charge in [-0.15, -0.1) is 0 Å². The molecule has 2 amide bonds. The maximum Gasteiger partial charge on any atom is 0.220 e. The Labute approximate surface area is 206 Å². The normalized spacial score (nSPS) is 18.6. The van der Waals surface area contributed by atoms with E-state index in [1.54, 1.807) is 17.6 Å². The minimum Gasteiger partial charge on any atom is -0.488 e. The number of hydrogen-bond donors (Lipinski definition) is 1. The molecule has 2 unspecified atom stereocenters. The summed E-state index contributed by atoms with van der Waals surface area (Å²) in [5.74, 6) is 1.07. The quantitative estimate of drug-likeness (QED) is 0.606. The van der Waals surface area contributed by atoms with Crippen molar-refractivity contribution >= 4 is 23.0 Å². The number of carbonyl (C=O) groups is 2. The van der Waals surface area contributed by atoms with Gasteiger partial charge < -0.3 is 19.9 Å². The molecule has 2 fully saturated rings. The molecule has 35 heavy (non-hydrogen) atoms. The van der Waals surface area contributed by atoms with Crippen molar-refractivity contribution in [2.45, 2.75) is 40.2 Å². The Hall–Kier alpha value is -3.62. The van der Waals surface area contributed by atoms with Gasteiger partial charge in [0.05, 0.1) is 23.8 Å². The van der Waals surface area contributed by atoms with Gasteiger partial charge in [-0.25, -0.2) is 4.52 Å². The minimum atomic E-state index is -0.109. The standard InChI is InChI=1S/C24H28N6O3.C2H6/c1-16(18-12-24(32)26-13-18)33-23-11-19(15-30-22(23)5-6-27-30)21-4-3-20(14-25-21)29-9-7-28(8-10-29)17(2)31;1-2/h3-6,11,14-16,18H,7-10,12-13H2,1-2H3,(H,26,32);1-2H3. The lowest BCUT2D eigenvalue weighted by molar-refractivity contribution is -0.129. The van der Waals surface area contributed by atoms with Gasteiger partial charge >= 0.3 is 0 Å². The van der Waals surface area contributed by atoms with Crippen molar-refractivity contribution in [3.8, 4) is 17.0 Å². The number of nitrogens with zero attached hydrogens (tertiary/aromatic N) is 5. The Morgan fingerprint density at radius 2 is 1.94 bits per heavy atom. The summed E-state index contributed by atoms with van der Waals surface area (Å²) in [6.07, 6.45) is 5.95. The Bertz CT molecular complexity index is 1170. The molecule has 9 nitrogen and oxygen atoms in total. The third-order valence-corrected chi connectivity index (χ3v) is 6.59. The van der Waals surface area contributed by atoms with Crippen molar-refractivity contribution in [1.29, 1.82) is 0 Å². The summed E-state index contributed by atoms with van der Waals surface area (Å²) in [6, 6.07) is 7.98. The highest BCUT2D eigenvalue weighted by Crippen LogP contribution is 2.30. The highest BCUT2D eigenvalue weighted by molar-refractivity contribution is 5.78. The third kappa shape index (κ3) is 5.39. The Morgan fingerprint density at radius 3 is 2.57 bits per heavy atom. The number of aromatic nitrogens is 3. The second kappa shape index (κ2) is 10.8. The fraction of sp³-hybridized carbons (Fsp3) is 0.462. The van der Waals surface area contributed by atoms with Crippen molar-refractivity contribution < 1.29 is 14.3 Å². The molecule has 2 saturated heterocycles. The first-order valence-corrected chi connectivity index (χ1v) is 12.4. The van der Waals surface area contributed by atoms with E-state index in [1.807, 2.05) is 56.3 Å². The van der Waals surface area contributed by atoms with Crippen LogP contribution in [0.1, 0.15) is 34.1 Å². The highest BCUT2D eigenvalue weighted by atomic mass is 16.5. The molecule has 0 aliphatic carbocycles. The van der Waals surface area contributed by atoms with E-state index in [2.05, 4.69) is 21.4 Å². The molecule has 2 aliphatic heterocycles. The van der Waals surface area contributed by atoms with Gasteiger partial charge in [-0.05, 0) is 31.2 Å². The van der Waals surface area contributed by atoms with Crippen molar-refractivity contribution in [3.63, 3.8) is 0 Å². The van der Waals surface area contributed by atoms with Gasteiger partial charge in [0.2, 0.25) is 11.8 Å². The SMILES string of the molecule is CC.CC(=O)N1CCN(c2ccc(-c3cc(OC(C)C4CNC(=O)C4)c4ccnn4c3)nc2)CC1. The van der Waals surface area contributed by atoms with E-state index in [0.29, 0.717) is 13.0 Å². The van der Waals surface area contributed by atoms with Crippen LogP contribution in [-0.2, 0) is 9.59 Å². The topological polar surface area (TPSA) is 92.1 Å². The van der Waals surface area contributed by atoms with Crippen LogP contribution in [0.25, 0.3) is 16.8 Å². The molecule has 2 atom stereocenters. The molecule has 2 aliphatic rings. The summed E-state index contributed by atoms with van der Waals surface area (Å²) in [7, 11) is 0. The van der Waals surface area contributed by atoms with E-state index in [1.165, 1.54) is 0 Å². The molecule has 9 heteroatoms. The van der Waals surface area contributed by atoms with Crippen molar-refractivity contribution in [3.05, 3.63) is 42.9 Å². The zero-order valence-electron chi connectivity index (χ0n) is 20.9. The lowest BCUT2D eigenvalue weighted by atomic mass is 10.0. The number of ether oxygens (including phenoxy) is 1. The zero-order valence-corrected chi connectivity index (χ0v) is 20.9. The highest BCUT2D eigenvalue weighted by Gasteiger charge is 2.28. The molecule has 3 aromatic heterocycles. The van der Waals surface area contributed by atoms with Crippen LogP contribution in [0.2, 0.25) is 0 Å². The first kappa shape index (κ1) is 24.5. The lowest BCUT2D eigenvalue weighted by Crippen LogP contribution is -2.48. The van der Waals surface area contributed by atoms with E-state index in [9.17, 15) is 9.59 Å². The molecular weight excluding hydrogens is 444 g/mol. The van der Waals surface area contributed by atoms with Crippen molar-refractivity contribution in [2.75, 3.05) is 37.6 Å². The molecule has 0 radical (unpaired) electrons. The molecule has 0 spiro atoms. The van der Waals surface area contributed by atoms with E-state index in [0.717, 1.165) is 54.4 Å². The summed E-state index contributed by atoms with van der Waals surface area (Å²) >= 11 is 0. The minimum absolute atomic E-state index is 0.0747. The van der Waals surface area contributed by atoms with E-state index in [4.69, 9.17) is 9.72 Å². The second-order valence-corrected chi connectivity index (χ2v) is 8.74. The van der Waals surface area contributed by atoms with Crippen LogP contribution < -0.4 is 15.0 Å². The fourth-order valence-electron chi connectivity index (χ4n) is 4.51. The molecule has 0 saturated carbocycles. The van der Waals surface area contributed by atoms with Crippen molar-refractivity contribution in [2.24, 2.45) is 5.92 Å². The van der Waals surface area contributed by atoms with Gasteiger partial charge in [0.25, 0.3) is 0 Å². The van der Waals surface area contributed by atoms with Crippen molar-refractivity contribution in [1.82, 2.24) is 24.8 Å². The monoisotopic (exact) mass is 478 g/mol. The number of amides is 2. The van der Waals surface area contributed by atoms with Crippen LogP contribution in [0.3, 0.4) is 0 Å². The number of fused-ring (bicyclic) bond motifs is 1. The first-order valence-electron chi connectivity index (χ1n) is 12.4. The molecule has 0 aromatic carbocycles. The molecule has 5 rings (SSSR count). The molecule has 3 aromatic rings. The molecule has 186 valence electrons. The smallest absolute Gasteiger partial charge is 0.220 e. The van der Waals surface area contributed by atoms with Crippen LogP contribution in [0.5, 0.6) is 5.75 Å². The maximum atomic E-state index is 11.6. The molecular formula is C26H34N6O3. The van der Waals surface area contributed by atoms with Gasteiger partial charge in [0, 0.05) is 63.7 Å². The number of hydrogen-bond acceptors (Lipinski definition) is 6. The second-order valence-electron chi connectivity index (χ2n) is 8.74. The Balaban J connectivity index is 0.00000141. The van der Waals surface area contributed by atoms with Crippen LogP contribution in [0.4, 0.5) is 5.69 Å². The molecule has 1 N–H and O–H groups in total. The molecule has 0 bridgehead atoms. The molecule has 5 heterocycles. The van der Waals surface area contributed by atoms with Crippen LogP contribution in [0.15, 0.2) is 42.9 Å². The predicted molar refractivity (Wildman–Crippen MR) is 135 cm³/mol. The van der Waals surface area contributed by atoms with Crippen LogP contribution in [0, 0.1) is 5.92 Å². The summed E-state index contributed by atoms with van der Waals surface area (Å²) < 4.78 is 8.10. The maximum absolute atomic E-state index is 11.6. The van der Waals surface area contributed by atoms with Gasteiger partial charge in [-0.3, -0.25) is 14.6 Å². The number of pyridine rings is 2. The largest absolute Gasteiger partial charge is 0.488 e. The number of piperazine rings is 1. The summed E-state index contributed by atoms with van der Waals surface area (Å²) in [4.78, 5) is 32.0. The predicted octanol–water partition coefficient (Wildman–Crippen LogP) is 2.99. The number of carbonyl (C=O) groups excluding carboxylic acids is 2. The summed E-state index contributed by atoms with van der Waals surface area (Å²) in [5, 5.41) is 7.27.